The van der Waals surface area contributed by atoms with Crippen molar-refractivity contribution in [3.8, 4) is 0 Å². The largest absolute Gasteiger partial charge is 0.380 e. The Morgan fingerprint density at radius 3 is 2.71 bits per heavy atom. The number of carbonyl (C=O) groups is 2. The first-order valence-corrected chi connectivity index (χ1v) is 7.58. The van der Waals surface area contributed by atoms with Crippen LogP contribution in [0.15, 0.2) is 29.2 Å². The van der Waals surface area contributed by atoms with Crippen molar-refractivity contribution in [2.45, 2.75) is 23.8 Å². The molecule has 0 aliphatic rings. The van der Waals surface area contributed by atoms with Gasteiger partial charge in [-0.1, -0.05) is 12.1 Å². The lowest BCUT2D eigenvalue weighted by atomic mass is 10.2. The Morgan fingerprint density at radius 2 is 2.10 bits per heavy atom. The number of hydrogen-bond acceptors (Lipinski definition) is 5. The van der Waals surface area contributed by atoms with Gasteiger partial charge in [0.05, 0.1) is 18.2 Å². The lowest BCUT2D eigenvalue weighted by Crippen LogP contribution is -2.28. The molecule has 0 aliphatic carbocycles. The SMILES string of the molecule is COC(CN)CC(=O)Nc1ccccc1SCCC(N)=O. The van der Waals surface area contributed by atoms with Crippen LogP contribution in [-0.2, 0) is 14.3 Å². The number of methoxy groups -OCH3 is 1. The van der Waals surface area contributed by atoms with E-state index >= 15 is 0 Å². The van der Waals surface area contributed by atoms with Crippen LogP contribution in [-0.4, -0.2) is 37.3 Å². The highest BCUT2D eigenvalue weighted by molar-refractivity contribution is 7.99. The first-order valence-electron chi connectivity index (χ1n) is 6.59. The number of benzene rings is 1. The molecule has 0 radical (unpaired) electrons. The van der Waals surface area contributed by atoms with Gasteiger partial charge in [-0.25, -0.2) is 0 Å². The molecular weight excluding hydrogens is 290 g/mol. The van der Waals surface area contributed by atoms with Gasteiger partial charge in [0, 0.05) is 30.7 Å². The fourth-order valence-corrected chi connectivity index (χ4v) is 2.60. The molecule has 7 heteroatoms. The van der Waals surface area contributed by atoms with E-state index in [1.165, 1.54) is 18.9 Å². The van der Waals surface area contributed by atoms with Gasteiger partial charge >= 0.3 is 0 Å². The number of rotatable bonds is 9. The number of para-hydroxylation sites is 1. The van der Waals surface area contributed by atoms with Gasteiger partial charge in [-0.3, -0.25) is 9.59 Å². The summed E-state index contributed by atoms with van der Waals surface area (Å²) in [5.41, 5.74) is 11.3. The first-order chi connectivity index (χ1) is 10.1. The van der Waals surface area contributed by atoms with Crippen LogP contribution >= 0.6 is 11.8 Å². The van der Waals surface area contributed by atoms with Crippen molar-refractivity contribution in [2.75, 3.05) is 24.7 Å². The zero-order valence-electron chi connectivity index (χ0n) is 12.0. The number of carbonyl (C=O) groups excluding carboxylic acids is 2. The summed E-state index contributed by atoms with van der Waals surface area (Å²) in [6.45, 7) is 0.291. The monoisotopic (exact) mass is 311 g/mol. The summed E-state index contributed by atoms with van der Waals surface area (Å²) < 4.78 is 5.09. The Kier molecular flexibility index (Phi) is 7.81. The highest BCUT2D eigenvalue weighted by atomic mass is 32.2. The van der Waals surface area contributed by atoms with Gasteiger partial charge in [0.25, 0.3) is 0 Å². The topological polar surface area (TPSA) is 107 Å². The van der Waals surface area contributed by atoms with Crippen molar-refractivity contribution in [2.24, 2.45) is 11.5 Å². The number of nitrogens with one attached hydrogen (secondary N) is 1. The van der Waals surface area contributed by atoms with E-state index in [9.17, 15) is 9.59 Å². The summed E-state index contributed by atoms with van der Waals surface area (Å²) in [6.07, 6.45) is 0.207. The van der Waals surface area contributed by atoms with E-state index in [2.05, 4.69) is 5.32 Å². The van der Waals surface area contributed by atoms with E-state index in [-0.39, 0.29) is 24.3 Å². The summed E-state index contributed by atoms with van der Waals surface area (Å²) >= 11 is 1.48. The van der Waals surface area contributed by atoms with E-state index in [1.54, 1.807) is 0 Å². The maximum atomic E-state index is 11.9. The van der Waals surface area contributed by atoms with E-state index < -0.39 is 0 Å². The highest BCUT2D eigenvalue weighted by Crippen LogP contribution is 2.27. The smallest absolute Gasteiger partial charge is 0.227 e. The van der Waals surface area contributed by atoms with Crippen LogP contribution in [0.25, 0.3) is 0 Å². The molecule has 0 fully saturated rings. The molecule has 0 spiro atoms. The molecule has 0 bridgehead atoms. The van der Waals surface area contributed by atoms with Crippen LogP contribution in [0.2, 0.25) is 0 Å². The Balaban J connectivity index is 2.61. The molecule has 1 rings (SSSR count). The second-order valence-corrected chi connectivity index (χ2v) is 5.54. The van der Waals surface area contributed by atoms with Gasteiger partial charge < -0.3 is 21.5 Å². The number of primary amides is 1. The Morgan fingerprint density at radius 1 is 1.38 bits per heavy atom. The van der Waals surface area contributed by atoms with Gasteiger partial charge in [-0.15, -0.1) is 11.8 Å². The molecule has 6 nitrogen and oxygen atoms in total. The third-order valence-electron chi connectivity index (χ3n) is 2.78. The minimum atomic E-state index is -0.338. The van der Waals surface area contributed by atoms with Crippen molar-refractivity contribution in [3.63, 3.8) is 0 Å². The van der Waals surface area contributed by atoms with Crippen molar-refractivity contribution >= 4 is 29.3 Å². The van der Waals surface area contributed by atoms with Crippen LogP contribution < -0.4 is 16.8 Å². The van der Waals surface area contributed by atoms with E-state index in [4.69, 9.17) is 16.2 Å². The predicted octanol–water partition coefficient (Wildman–Crippen LogP) is 0.956. The number of hydrogen-bond donors (Lipinski definition) is 3. The number of ether oxygens (including phenoxy) is 1. The summed E-state index contributed by atoms with van der Waals surface area (Å²) in [6, 6.07) is 7.41. The summed E-state index contributed by atoms with van der Waals surface area (Å²) in [5.74, 6) is 0.0799. The van der Waals surface area contributed by atoms with Gasteiger partial charge in [-0.05, 0) is 12.1 Å². The first kappa shape index (κ1) is 17.5. The van der Waals surface area contributed by atoms with E-state index in [1.807, 2.05) is 24.3 Å². The van der Waals surface area contributed by atoms with Crippen LogP contribution in [0.4, 0.5) is 5.69 Å². The summed E-state index contributed by atoms with van der Waals surface area (Å²) in [4.78, 5) is 23.6. The van der Waals surface area contributed by atoms with E-state index in [0.29, 0.717) is 24.4 Å². The number of nitrogens with two attached hydrogens (primary N) is 2. The van der Waals surface area contributed by atoms with Crippen molar-refractivity contribution in [3.05, 3.63) is 24.3 Å². The highest BCUT2D eigenvalue weighted by Gasteiger charge is 2.13. The predicted molar refractivity (Wildman–Crippen MR) is 84.1 cm³/mol. The molecule has 1 unspecified atom stereocenters. The fraction of sp³-hybridized carbons (Fsp3) is 0.429. The Bertz CT molecular complexity index is 478. The maximum Gasteiger partial charge on any atom is 0.227 e. The van der Waals surface area contributed by atoms with Crippen molar-refractivity contribution in [1.29, 1.82) is 0 Å². The van der Waals surface area contributed by atoms with Gasteiger partial charge in [-0.2, -0.15) is 0 Å². The fourth-order valence-electron chi connectivity index (χ4n) is 1.63. The Hall–Kier alpha value is -1.57. The van der Waals surface area contributed by atoms with E-state index in [0.717, 1.165) is 4.90 Å². The number of thioether (sulfide) groups is 1. The molecular formula is C14H21N3O3S. The van der Waals surface area contributed by atoms with Crippen molar-refractivity contribution < 1.29 is 14.3 Å². The van der Waals surface area contributed by atoms with Gasteiger partial charge in [0.1, 0.15) is 0 Å². The van der Waals surface area contributed by atoms with Gasteiger partial charge in [0.15, 0.2) is 0 Å². The minimum Gasteiger partial charge on any atom is -0.380 e. The molecule has 0 heterocycles. The number of amides is 2. The molecule has 5 N–H and O–H groups in total. The third-order valence-corrected chi connectivity index (χ3v) is 3.85. The molecule has 21 heavy (non-hydrogen) atoms. The summed E-state index contributed by atoms with van der Waals surface area (Å²) in [7, 11) is 1.53. The average Bonchev–Trinajstić information content (AvgIpc) is 2.46. The standard InChI is InChI=1S/C14H21N3O3S/c1-20-10(9-15)8-14(19)17-11-4-2-3-5-12(11)21-7-6-13(16)18/h2-5,10H,6-9,15H2,1H3,(H2,16,18)(H,17,19). The molecule has 1 aromatic carbocycles. The van der Waals surface area contributed by atoms with Crippen LogP contribution in [0.5, 0.6) is 0 Å². The molecule has 0 aromatic heterocycles. The van der Waals surface area contributed by atoms with Crippen LogP contribution in [0, 0.1) is 0 Å². The molecule has 0 aliphatic heterocycles. The maximum absolute atomic E-state index is 11.9. The second kappa shape index (κ2) is 9.38. The normalized spacial score (nSPS) is 11.9. The molecule has 0 saturated heterocycles. The lowest BCUT2D eigenvalue weighted by molar-refractivity contribution is -0.119. The lowest BCUT2D eigenvalue weighted by Gasteiger charge is -2.14. The zero-order chi connectivity index (χ0) is 15.7. The molecule has 1 atom stereocenters. The molecule has 2 amide bonds. The summed E-state index contributed by atoms with van der Waals surface area (Å²) in [5, 5.41) is 2.84. The quantitative estimate of drug-likeness (QED) is 0.589. The number of anilines is 1. The average molecular weight is 311 g/mol. The van der Waals surface area contributed by atoms with Gasteiger partial charge in [0.2, 0.25) is 11.8 Å². The third kappa shape index (κ3) is 6.61. The molecule has 0 saturated carbocycles. The van der Waals surface area contributed by atoms with Crippen molar-refractivity contribution in [1.82, 2.24) is 0 Å². The minimum absolute atomic E-state index is 0.157. The molecule has 116 valence electrons. The second-order valence-electron chi connectivity index (χ2n) is 4.41. The van der Waals surface area contributed by atoms with Crippen LogP contribution in [0.3, 0.4) is 0 Å². The van der Waals surface area contributed by atoms with Crippen LogP contribution in [0.1, 0.15) is 12.8 Å². The molecule has 1 aromatic rings. The zero-order valence-corrected chi connectivity index (χ0v) is 12.8. The Labute approximate surface area is 128 Å².